The van der Waals surface area contributed by atoms with Crippen LogP contribution in [0.2, 0.25) is 0 Å². The Kier molecular flexibility index (Phi) is 4.98. The summed E-state index contributed by atoms with van der Waals surface area (Å²) in [4.78, 5) is 12.0. The van der Waals surface area contributed by atoms with Crippen LogP contribution in [0.4, 0.5) is 0 Å². The van der Waals surface area contributed by atoms with Gasteiger partial charge in [0.05, 0.1) is 6.04 Å². The van der Waals surface area contributed by atoms with Crippen molar-refractivity contribution < 1.29 is 4.79 Å². The van der Waals surface area contributed by atoms with Crippen molar-refractivity contribution in [2.45, 2.75) is 82.7 Å². The number of rotatable bonds is 3. The molecule has 3 aliphatic rings. The summed E-state index contributed by atoms with van der Waals surface area (Å²) in [6.45, 7) is 0.869. The van der Waals surface area contributed by atoms with Crippen LogP contribution in [0, 0.1) is 11.8 Å². The topological polar surface area (TPSA) is 41.1 Å². The number of piperidine rings is 1. The Labute approximate surface area is 123 Å². The molecule has 2 aliphatic carbocycles. The predicted octanol–water partition coefficient (Wildman–Crippen LogP) is 2.99. The number of hydrogen-bond acceptors (Lipinski definition) is 2. The van der Waals surface area contributed by atoms with Gasteiger partial charge in [-0.25, -0.2) is 0 Å². The fourth-order valence-electron chi connectivity index (χ4n) is 4.68. The Morgan fingerprint density at radius 2 is 1.60 bits per heavy atom. The van der Waals surface area contributed by atoms with E-state index in [4.69, 9.17) is 0 Å². The smallest absolute Gasteiger partial charge is 0.237 e. The molecule has 0 bridgehead atoms. The molecule has 3 atom stereocenters. The average Bonchev–Trinajstić information content (AvgIpc) is 2.51. The van der Waals surface area contributed by atoms with Crippen LogP contribution < -0.4 is 10.6 Å². The lowest BCUT2D eigenvalue weighted by Gasteiger charge is -2.41. The molecule has 1 saturated heterocycles. The second-order valence-electron chi connectivity index (χ2n) is 7.11. The van der Waals surface area contributed by atoms with Gasteiger partial charge in [0.1, 0.15) is 0 Å². The first-order chi connectivity index (χ1) is 9.84. The van der Waals surface area contributed by atoms with Gasteiger partial charge in [0, 0.05) is 12.6 Å². The van der Waals surface area contributed by atoms with Gasteiger partial charge in [0.15, 0.2) is 0 Å². The fraction of sp³-hybridized carbons (Fsp3) is 0.941. The second kappa shape index (κ2) is 6.93. The quantitative estimate of drug-likeness (QED) is 0.833. The first-order valence-corrected chi connectivity index (χ1v) is 8.88. The number of carbonyl (C=O) groups is 1. The van der Waals surface area contributed by atoms with Crippen molar-refractivity contribution in [3.8, 4) is 0 Å². The molecule has 2 N–H and O–H groups in total. The van der Waals surface area contributed by atoms with Crippen molar-refractivity contribution in [2.24, 2.45) is 11.8 Å². The summed E-state index contributed by atoms with van der Waals surface area (Å²) in [7, 11) is 0. The van der Waals surface area contributed by atoms with Gasteiger partial charge >= 0.3 is 0 Å². The summed E-state index contributed by atoms with van der Waals surface area (Å²) in [5.41, 5.74) is 0. The third-order valence-corrected chi connectivity index (χ3v) is 5.78. The van der Waals surface area contributed by atoms with Crippen molar-refractivity contribution in [1.82, 2.24) is 10.6 Å². The summed E-state index contributed by atoms with van der Waals surface area (Å²) in [5, 5.41) is 6.76. The van der Waals surface area contributed by atoms with E-state index in [1.54, 1.807) is 0 Å². The minimum Gasteiger partial charge on any atom is -0.355 e. The zero-order chi connectivity index (χ0) is 13.8. The third kappa shape index (κ3) is 3.36. The lowest BCUT2D eigenvalue weighted by Crippen LogP contribution is -2.54. The normalized spacial score (nSPS) is 36.6. The molecule has 2 saturated carbocycles. The molecule has 1 heterocycles. The Bertz CT molecular complexity index is 325. The largest absolute Gasteiger partial charge is 0.355 e. The maximum Gasteiger partial charge on any atom is 0.237 e. The molecule has 1 amide bonds. The van der Waals surface area contributed by atoms with E-state index in [0.29, 0.717) is 6.04 Å². The van der Waals surface area contributed by atoms with Gasteiger partial charge in [-0.3, -0.25) is 4.79 Å². The molecular formula is C17H30N2O. The first kappa shape index (κ1) is 14.4. The number of amides is 1. The van der Waals surface area contributed by atoms with E-state index in [0.717, 1.165) is 31.2 Å². The van der Waals surface area contributed by atoms with E-state index < -0.39 is 0 Å². The number of hydrogen-bond donors (Lipinski definition) is 2. The molecule has 3 heteroatoms. The summed E-state index contributed by atoms with van der Waals surface area (Å²) in [5.74, 6) is 2.00. The molecule has 114 valence electrons. The Morgan fingerprint density at radius 3 is 2.40 bits per heavy atom. The van der Waals surface area contributed by atoms with Gasteiger partial charge in [-0.2, -0.15) is 0 Å². The molecule has 0 aromatic carbocycles. The number of nitrogens with one attached hydrogen (secondary N) is 2. The predicted molar refractivity (Wildman–Crippen MR) is 81.5 cm³/mol. The summed E-state index contributed by atoms with van der Waals surface area (Å²) < 4.78 is 0. The van der Waals surface area contributed by atoms with E-state index >= 15 is 0 Å². The summed E-state index contributed by atoms with van der Waals surface area (Å²) >= 11 is 0. The average molecular weight is 278 g/mol. The lowest BCUT2D eigenvalue weighted by atomic mass is 9.70. The highest BCUT2D eigenvalue weighted by molar-refractivity contribution is 5.82. The van der Waals surface area contributed by atoms with Crippen molar-refractivity contribution in [3.05, 3.63) is 0 Å². The summed E-state index contributed by atoms with van der Waals surface area (Å²) in [6.07, 6.45) is 14.7. The van der Waals surface area contributed by atoms with Crippen LogP contribution in [0.3, 0.4) is 0 Å². The molecule has 1 aliphatic heterocycles. The van der Waals surface area contributed by atoms with Crippen LogP contribution >= 0.6 is 0 Å². The zero-order valence-electron chi connectivity index (χ0n) is 12.7. The zero-order valence-corrected chi connectivity index (χ0v) is 12.7. The van der Waals surface area contributed by atoms with Crippen LogP contribution in [-0.4, -0.2) is 24.5 Å². The molecule has 0 aromatic heterocycles. The van der Waals surface area contributed by atoms with Crippen LogP contribution in [0.5, 0.6) is 0 Å². The van der Waals surface area contributed by atoms with E-state index in [2.05, 4.69) is 10.6 Å². The van der Waals surface area contributed by atoms with Gasteiger partial charge in [-0.15, -0.1) is 0 Å². The highest BCUT2D eigenvalue weighted by Crippen LogP contribution is 2.38. The lowest BCUT2D eigenvalue weighted by molar-refractivity contribution is -0.125. The molecule has 0 spiro atoms. The minimum atomic E-state index is 0.0814. The fourth-order valence-corrected chi connectivity index (χ4v) is 4.68. The van der Waals surface area contributed by atoms with Gasteiger partial charge in [0.25, 0.3) is 0 Å². The third-order valence-electron chi connectivity index (χ3n) is 5.78. The van der Waals surface area contributed by atoms with E-state index in [-0.39, 0.29) is 11.9 Å². The van der Waals surface area contributed by atoms with Crippen molar-refractivity contribution in [3.63, 3.8) is 0 Å². The molecule has 3 fully saturated rings. The Morgan fingerprint density at radius 1 is 0.850 bits per heavy atom. The Balaban J connectivity index is 1.60. The maximum atomic E-state index is 12.0. The highest BCUT2D eigenvalue weighted by atomic mass is 16.2. The second-order valence-corrected chi connectivity index (χ2v) is 7.11. The van der Waals surface area contributed by atoms with Crippen molar-refractivity contribution in [1.29, 1.82) is 0 Å². The van der Waals surface area contributed by atoms with Gasteiger partial charge in [-0.05, 0) is 37.5 Å². The van der Waals surface area contributed by atoms with Crippen LogP contribution in [0.1, 0.15) is 70.6 Å². The van der Waals surface area contributed by atoms with Crippen molar-refractivity contribution >= 4 is 5.91 Å². The highest BCUT2D eigenvalue weighted by Gasteiger charge is 2.35. The molecular weight excluding hydrogens is 248 g/mol. The molecule has 3 unspecified atom stereocenters. The minimum absolute atomic E-state index is 0.0814. The van der Waals surface area contributed by atoms with Gasteiger partial charge in [-0.1, -0.05) is 44.9 Å². The van der Waals surface area contributed by atoms with Crippen LogP contribution in [-0.2, 0) is 4.79 Å². The van der Waals surface area contributed by atoms with Crippen molar-refractivity contribution in [2.75, 3.05) is 6.54 Å². The van der Waals surface area contributed by atoms with Crippen LogP contribution in [0.25, 0.3) is 0 Å². The Hall–Kier alpha value is -0.570. The van der Waals surface area contributed by atoms with Crippen LogP contribution in [0.15, 0.2) is 0 Å². The SMILES string of the molecule is O=C1NCCCC1NC1CCCCC1C1CCCCC1. The van der Waals surface area contributed by atoms with Gasteiger partial charge < -0.3 is 10.6 Å². The molecule has 0 aromatic rings. The van der Waals surface area contributed by atoms with Gasteiger partial charge in [0.2, 0.25) is 5.91 Å². The maximum absolute atomic E-state index is 12.0. The van der Waals surface area contributed by atoms with E-state index in [1.165, 1.54) is 57.8 Å². The van der Waals surface area contributed by atoms with E-state index in [1.807, 2.05) is 0 Å². The number of carbonyl (C=O) groups excluding carboxylic acids is 1. The monoisotopic (exact) mass is 278 g/mol. The molecule has 3 nitrogen and oxygen atoms in total. The molecule has 0 radical (unpaired) electrons. The molecule has 20 heavy (non-hydrogen) atoms. The van der Waals surface area contributed by atoms with E-state index in [9.17, 15) is 4.79 Å². The first-order valence-electron chi connectivity index (χ1n) is 8.88. The molecule has 3 rings (SSSR count). The standard InChI is InChI=1S/C17H30N2O/c20-17-16(11-6-12-18-17)19-15-10-5-4-9-14(15)13-7-2-1-3-8-13/h13-16,19H,1-12H2,(H,18,20). The summed E-state index contributed by atoms with van der Waals surface area (Å²) in [6, 6.07) is 0.679.